The maximum absolute atomic E-state index is 9.32. The predicted octanol–water partition coefficient (Wildman–Crippen LogP) is 3.02. The van der Waals surface area contributed by atoms with Gasteiger partial charge in [0, 0.05) is 0 Å². The highest BCUT2D eigenvalue weighted by molar-refractivity contribution is 9.09. The van der Waals surface area contributed by atoms with Crippen molar-refractivity contribution >= 4 is 15.9 Å². The number of methoxy groups -OCH3 is 1. The standard InChI is InChI=1S/C10H11BrO2/c1-3-8(11)7-4-5-9(12)10(6-7)13-2/h3-6,8,12H,1H2,2H3. The first-order valence-electron chi connectivity index (χ1n) is 3.82. The Morgan fingerprint density at radius 1 is 1.62 bits per heavy atom. The molecule has 0 saturated carbocycles. The zero-order valence-corrected chi connectivity index (χ0v) is 8.91. The lowest BCUT2D eigenvalue weighted by Gasteiger charge is -2.08. The Morgan fingerprint density at radius 3 is 2.85 bits per heavy atom. The van der Waals surface area contributed by atoms with E-state index < -0.39 is 0 Å². The molecule has 1 atom stereocenters. The first-order chi connectivity index (χ1) is 6.19. The predicted molar refractivity (Wildman–Crippen MR) is 56.5 cm³/mol. The molecule has 1 unspecified atom stereocenters. The molecule has 0 amide bonds. The quantitative estimate of drug-likeness (QED) is 0.653. The molecule has 13 heavy (non-hydrogen) atoms. The summed E-state index contributed by atoms with van der Waals surface area (Å²) in [5.41, 5.74) is 1.00. The molecule has 0 aliphatic carbocycles. The van der Waals surface area contributed by atoms with Crippen molar-refractivity contribution in [2.75, 3.05) is 7.11 Å². The summed E-state index contributed by atoms with van der Waals surface area (Å²) < 4.78 is 4.98. The third-order valence-corrected chi connectivity index (χ3v) is 2.63. The van der Waals surface area contributed by atoms with Crippen molar-refractivity contribution in [3.05, 3.63) is 36.4 Å². The summed E-state index contributed by atoms with van der Waals surface area (Å²) >= 11 is 3.42. The van der Waals surface area contributed by atoms with E-state index in [9.17, 15) is 5.11 Å². The molecule has 1 aromatic rings. The number of rotatable bonds is 3. The molecule has 70 valence electrons. The highest BCUT2D eigenvalue weighted by atomic mass is 79.9. The third kappa shape index (κ3) is 2.25. The van der Waals surface area contributed by atoms with Crippen LogP contribution in [-0.4, -0.2) is 12.2 Å². The van der Waals surface area contributed by atoms with Crippen LogP contribution in [0.4, 0.5) is 0 Å². The second kappa shape index (κ2) is 4.33. The number of phenolic OH excluding ortho intramolecular Hbond substituents is 1. The second-order valence-corrected chi connectivity index (χ2v) is 3.56. The van der Waals surface area contributed by atoms with Gasteiger partial charge in [0.05, 0.1) is 11.9 Å². The summed E-state index contributed by atoms with van der Waals surface area (Å²) in [7, 11) is 1.52. The zero-order chi connectivity index (χ0) is 9.84. The van der Waals surface area contributed by atoms with Gasteiger partial charge in [0.25, 0.3) is 0 Å². The maximum atomic E-state index is 9.32. The van der Waals surface area contributed by atoms with Crippen molar-refractivity contribution in [1.29, 1.82) is 0 Å². The van der Waals surface area contributed by atoms with Gasteiger partial charge in [0.2, 0.25) is 0 Å². The van der Waals surface area contributed by atoms with E-state index in [4.69, 9.17) is 4.74 Å². The molecular formula is C10H11BrO2. The zero-order valence-electron chi connectivity index (χ0n) is 7.33. The van der Waals surface area contributed by atoms with E-state index in [1.165, 1.54) is 7.11 Å². The van der Waals surface area contributed by atoms with Gasteiger partial charge < -0.3 is 9.84 Å². The smallest absolute Gasteiger partial charge is 0.160 e. The van der Waals surface area contributed by atoms with Crippen LogP contribution in [0.2, 0.25) is 0 Å². The number of allylic oxidation sites excluding steroid dienone is 1. The highest BCUT2D eigenvalue weighted by Crippen LogP contribution is 2.32. The van der Waals surface area contributed by atoms with Crippen molar-refractivity contribution in [3.63, 3.8) is 0 Å². The summed E-state index contributed by atoms with van der Waals surface area (Å²) in [6, 6.07) is 5.20. The fraction of sp³-hybridized carbons (Fsp3) is 0.200. The van der Waals surface area contributed by atoms with E-state index in [2.05, 4.69) is 22.5 Å². The number of hydrogen-bond donors (Lipinski definition) is 1. The van der Waals surface area contributed by atoms with E-state index in [1.807, 2.05) is 6.07 Å². The van der Waals surface area contributed by atoms with Gasteiger partial charge in [-0.3, -0.25) is 0 Å². The summed E-state index contributed by atoms with van der Waals surface area (Å²) in [5, 5.41) is 9.32. The second-order valence-electron chi connectivity index (χ2n) is 2.57. The van der Waals surface area contributed by atoms with E-state index in [0.717, 1.165) is 5.56 Å². The Morgan fingerprint density at radius 2 is 2.31 bits per heavy atom. The average Bonchev–Trinajstić information content (AvgIpc) is 2.17. The fourth-order valence-corrected chi connectivity index (χ4v) is 1.29. The molecule has 0 aliphatic rings. The fourth-order valence-electron chi connectivity index (χ4n) is 1.00. The van der Waals surface area contributed by atoms with Crippen LogP contribution in [0.3, 0.4) is 0 Å². The van der Waals surface area contributed by atoms with Crippen LogP contribution in [0, 0.1) is 0 Å². The van der Waals surface area contributed by atoms with Gasteiger partial charge in [-0.05, 0) is 17.7 Å². The topological polar surface area (TPSA) is 29.5 Å². The molecule has 1 rings (SSSR count). The van der Waals surface area contributed by atoms with Crippen molar-refractivity contribution < 1.29 is 9.84 Å². The normalized spacial score (nSPS) is 12.2. The Hall–Kier alpha value is -0.960. The van der Waals surface area contributed by atoms with Gasteiger partial charge in [-0.15, -0.1) is 6.58 Å². The first-order valence-corrected chi connectivity index (χ1v) is 4.74. The minimum atomic E-state index is 0.0852. The monoisotopic (exact) mass is 242 g/mol. The minimum Gasteiger partial charge on any atom is -0.504 e. The van der Waals surface area contributed by atoms with Crippen LogP contribution in [0.5, 0.6) is 11.5 Å². The van der Waals surface area contributed by atoms with Crippen LogP contribution >= 0.6 is 15.9 Å². The number of benzene rings is 1. The summed E-state index contributed by atoms with van der Waals surface area (Å²) in [4.78, 5) is 0.0852. The lowest BCUT2D eigenvalue weighted by Crippen LogP contribution is -1.88. The van der Waals surface area contributed by atoms with Crippen LogP contribution in [0.25, 0.3) is 0 Å². The van der Waals surface area contributed by atoms with Gasteiger partial charge in [0.15, 0.2) is 11.5 Å². The summed E-state index contributed by atoms with van der Waals surface area (Å²) in [6.45, 7) is 3.66. The number of halogens is 1. The molecule has 1 aromatic carbocycles. The number of hydrogen-bond acceptors (Lipinski definition) is 2. The van der Waals surface area contributed by atoms with Gasteiger partial charge >= 0.3 is 0 Å². The first kappa shape index (κ1) is 10.1. The van der Waals surface area contributed by atoms with E-state index in [0.29, 0.717) is 5.75 Å². The molecule has 0 aliphatic heterocycles. The highest BCUT2D eigenvalue weighted by Gasteiger charge is 2.06. The molecule has 1 N–H and O–H groups in total. The Bertz CT molecular complexity index is 310. The lowest BCUT2D eigenvalue weighted by atomic mass is 10.1. The van der Waals surface area contributed by atoms with Gasteiger partial charge in [0.1, 0.15) is 0 Å². The Kier molecular flexibility index (Phi) is 3.37. The molecule has 3 heteroatoms. The van der Waals surface area contributed by atoms with Gasteiger partial charge in [-0.2, -0.15) is 0 Å². The van der Waals surface area contributed by atoms with Gasteiger partial charge in [-0.25, -0.2) is 0 Å². The molecule has 0 fully saturated rings. The molecule has 0 saturated heterocycles. The van der Waals surface area contributed by atoms with Crippen LogP contribution < -0.4 is 4.74 Å². The third-order valence-electron chi connectivity index (χ3n) is 1.73. The van der Waals surface area contributed by atoms with E-state index in [-0.39, 0.29) is 10.6 Å². The Balaban J connectivity index is 3.05. The minimum absolute atomic E-state index is 0.0852. The number of ether oxygens (including phenoxy) is 1. The molecule has 0 aromatic heterocycles. The molecular weight excluding hydrogens is 232 g/mol. The Labute approximate surface area is 86.0 Å². The molecule has 0 spiro atoms. The molecule has 0 heterocycles. The lowest BCUT2D eigenvalue weighted by molar-refractivity contribution is 0.373. The molecule has 0 bridgehead atoms. The number of phenols is 1. The molecule has 0 radical (unpaired) electrons. The number of alkyl halides is 1. The summed E-state index contributed by atoms with van der Waals surface area (Å²) in [6.07, 6.45) is 1.77. The largest absolute Gasteiger partial charge is 0.504 e. The van der Waals surface area contributed by atoms with E-state index in [1.54, 1.807) is 18.2 Å². The van der Waals surface area contributed by atoms with Crippen LogP contribution in [0.1, 0.15) is 10.4 Å². The van der Waals surface area contributed by atoms with Crippen LogP contribution in [0.15, 0.2) is 30.9 Å². The summed E-state index contributed by atoms with van der Waals surface area (Å²) in [5.74, 6) is 0.624. The van der Waals surface area contributed by atoms with Crippen molar-refractivity contribution in [1.82, 2.24) is 0 Å². The SMILES string of the molecule is C=CC(Br)c1ccc(O)c(OC)c1. The van der Waals surface area contributed by atoms with Crippen molar-refractivity contribution in [3.8, 4) is 11.5 Å². The average molecular weight is 243 g/mol. The van der Waals surface area contributed by atoms with Crippen molar-refractivity contribution in [2.24, 2.45) is 0 Å². The molecule has 2 nitrogen and oxygen atoms in total. The van der Waals surface area contributed by atoms with Crippen LogP contribution in [-0.2, 0) is 0 Å². The van der Waals surface area contributed by atoms with Crippen molar-refractivity contribution in [2.45, 2.75) is 4.83 Å². The number of aromatic hydroxyl groups is 1. The maximum Gasteiger partial charge on any atom is 0.160 e. The van der Waals surface area contributed by atoms with Gasteiger partial charge in [-0.1, -0.05) is 28.1 Å². The van der Waals surface area contributed by atoms with E-state index >= 15 is 0 Å².